The van der Waals surface area contributed by atoms with Gasteiger partial charge in [-0.3, -0.25) is 14.0 Å². The lowest BCUT2D eigenvalue weighted by Gasteiger charge is -2.38. The molecule has 1 saturated heterocycles. The van der Waals surface area contributed by atoms with Crippen LogP contribution < -0.4 is 0 Å². The van der Waals surface area contributed by atoms with Crippen molar-refractivity contribution >= 4 is 17.9 Å². The summed E-state index contributed by atoms with van der Waals surface area (Å²) in [6, 6.07) is 15.3. The second-order valence-electron chi connectivity index (χ2n) is 7.54. The van der Waals surface area contributed by atoms with Gasteiger partial charge < -0.3 is 9.64 Å². The van der Waals surface area contributed by atoms with Gasteiger partial charge in [-0.1, -0.05) is 54.6 Å². The Kier molecular flexibility index (Phi) is 5.79. The maximum absolute atomic E-state index is 13.6. The second-order valence-corrected chi connectivity index (χ2v) is 7.54. The van der Waals surface area contributed by atoms with Crippen LogP contribution in [0.1, 0.15) is 29.2 Å². The topological polar surface area (TPSA) is 66.9 Å². The van der Waals surface area contributed by atoms with E-state index in [4.69, 9.17) is 4.74 Å². The summed E-state index contributed by atoms with van der Waals surface area (Å²) >= 11 is 0. The van der Waals surface area contributed by atoms with Gasteiger partial charge >= 0.3 is 6.09 Å². The minimum atomic E-state index is -0.960. The van der Waals surface area contributed by atoms with Crippen molar-refractivity contribution in [2.45, 2.75) is 31.3 Å². The van der Waals surface area contributed by atoms with Gasteiger partial charge in [-0.25, -0.2) is 9.69 Å². The van der Waals surface area contributed by atoms with E-state index in [1.807, 2.05) is 42.5 Å². The molecule has 2 aliphatic rings. The number of imide groups is 1. The summed E-state index contributed by atoms with van der Waals surface area (Å²) < 4.78 is 18.1. The number of carbonyl (C=O) groups excluding carboxylic acids is 3. The van der Waals surface area contributed by atoms with Crippen LogP contribution in [-0.4, -0.2) is 53.6 Å². The Morgan fingerprint density at radius 2 is 1.80 bits per heavy atom. The lowest BCUT2D eigenvalue weighted by molar-refractivity contribution is -0.146. The molecule has 7 heteroatoms. The van der Waals surface area contributed by atoms with Gasteiger partial charge in [0.15, 0.2) is 0 Å². The molecule has 30 heavy (non-hydrogen) atoms. The van der Waals surface area contributed by atoms with Gasteiger partial charge in [0.1, 0.15) is 12.6 Å². The molecule has 6 nitrogen and oxygen atoms in total. The molecule has 0 spiro atoms. The molecule has 0 bridgehead atoms. The van der Waals surface area contributed by atoms with Crippen molar-refractivity contribution in [3.05, 3.63) is 71.3 Å². The molecule has 0 aliphatic carbocycles. The fraction of sp³-hybridized carbons (Fsp3) is 0.348. The molecule has 0 unspecified atom stereocenters. The number of alkyl halides is 1. The number of amides is 3. The molecule has 2 aliphatic heterocycles. The largest absolute Gasteiger partial charge is 0.447 e. The average molecular weight is 410 g/mol. The third-order valence-electron chi connectivity index (χ3n) is 5.60. The van der Waals surface area contributed by atoms with Crippen molar-refractivity contribution in [3.63, 3.8) is 0 Å². The van der Waals surface area contributed by atoms with Gasteiger partial charge in [0, 0.05) is 6.54 Å². The molecule has 0 N–H and O–H groups in total. The first-order valence-corrected chi connectivity index (χ1v) is 10.1. The Labute approximate surface area is 174 Å². The predicted molar refractivity (Wildman–Crippen MR) is 107 cm³/mol. The maximum atomic E-state index is 13.6. The highest BCUT2D eigenvalue weighted by atomic mass is 19.1. The summed E-state index contributed by atoms with van der Waals surface area (Å²) in [6.07, 6.45) is 0.0482. The highest BCUT2D eigenvalue weighted by molar-refractivity contribution is 6.00. The van der Waals surface area contributed by atoms with Crippen LogP contribution in [0.2, 0.25) is 0 Å². The van der Waals surface area contributed by atoms with E-state index in [0.717, 1.165) is 16.0 Å². The highest BCUT2D eigenvalue weighted by Crippen LogP contribution is 2.34. The van der Waals surface area contributed by atoms with Gasteiger partial charge in [0.05, 0.1) is 19.1 Å². The van der Waals surface area contributed by atoms with Crippen LogP contribution in [0.5, 0.6) is 0 Å². The number of ether oxygens (including phenoxy) is 1. The zero-order chi connectivity index (χ0) is 21.1. The van der Waals surface area contributed by atoms with Crippen molar-refractivity contribution in [2.24, 2.45) is 0 Å². The lowest BCUT2D eigenvalue weighted by atomic mass is 9.90. The first kappa shape index (κ1) is 20.1. The SMILES string of the molecule is O=C1Cc2ccccc2[C@H](C(=O)N2C(=O)OC[C@@H]2Cc2ccccc2)N1CCCF. The van der Waals surface area contributed by atoms with E-state index < -0.39 is 30.8 Å². The molecule has 2 atom stereocenters. The molecule has 3 amide bonds. The first-order valence-electron chi connectivity index (χ1n) is 10.1. The summed E-state index contributed by atoms with van der Waals surface area (Å²) in [4.78, 5) is 41.4. The molecule has 1 fully saturated rings. The number of halogens is 1. The van der Waals surface area contributed by atoms with E-state index in [1.54, 1.807) is 12.1 Å². The van der Waals surface area contributed by atoms with E-state index in [2.05, 4.69) is 0 Å². The Bertz CT molecular complexity index is 949. The fourth-order valence-electron chi connectivity index (χ4n) is 4.19. The summed E-state index contributed by atoms with van der Waals surface area (Å²) in [5, 5.41) is 0. The Hall–Kier alpha value is -3.22. The molecule has 0 saturated carbocycles. The summed E-state index contributed by atoms with van der Waals surface area (Å²) in [6.45, 7) is -0.368. The van der Waals surface area contributed by atoms with E-state index >= 15 is 0 Å². The van der Waals surface area contributed by atoms with E-state index in [-0.39, 0.29) is 31.9 Å². The zero-order valence-electron chi connectivity index (χ0n) is 16.5. The molecular formula is C23H23FN2O4. The number of nitrogens with zero attached hydrogens (tertiary/aromatic N) is 2. The molecule has 156 valence electrons. The molecule has 0 aromatic heterocycles. The number of hydrogen-bond acceptors (Lipinski definition) is 4. The van der Waals surface area contributed by atoms with E-state index in [1.165, 1.54) is 4.90 Å². The van der Waals surface area contributed by atoms with Crippen LogP contribution >= 0.6 is 0 Å². The van der Waals surface area contributed by atoms with Crippen molar-refractivity contribution in [1.82, 2.24) is 9.80 Å². The third-order valence-corrected chi connectivity index (χ3v) is 5.60. The normalized spacial score (nSPS) is 20.8. The number of benzene rings is 2. The Morgan fingerprint density at radius 1 is 1.07 bits per heavy atom. The van der Waals surface area contributed by atoms with Crippen LogP contribution in [-0.2, 0) is 27.2 Å². The number of cyclic esters (lactones) is 1. The van der Waals surface area contributed by atoms with Crippen LogP contribution in [0.25, 0.3) is 0 Å². The molecule has 2 heterocycles. The van der Waals surface area contributed by atoms with Crippen LogP contribution in [0.3, 0.4) is 0 Å². The standard InChI is InChI=1S/C23H23FN2O4/c24-11-6-12-25-20(27)14-17-9-4-5-10-19(17)21(25)22(28)26-18(15-30-23(26)29)13-16-7-2-1-3-8-16/h1-5,7-10,18,21H,6,11-15H2/t18-,21+/m0/s1. The molecule has 2 aromatic rings. The van der Waals surface area contributed by atoms with Crippen LogP contribution in [0, 0.1) is 0 Å². The number of hydrogen-bond donors (Lipinski definition) is 0. The minimum Gasteiger partial charge on any atom is -0.447 e. The molecule has 0 radical (unpaired) electrons. The fourth-order valence-corrected chi connectivity index (χ4v) is 4.19. The van der Waals surface area contributed by atoms with Gasteiger partial charge in [-0.2, -0.15) is 0 Å². The van der Waals surface area contributed by atoms with E-state index in [0.29, 0.717) is 12.0 Å². The zero-order valence-corrected chi connectivity index (χ0v) is 16.5. The van der Waals surface area contributed by atoms with Crippen LogP contribution in [0.15, 0.2) is 54.6 Å². The lowest BCUT2D eigenvalue weighted by Crippen LogP contribution is -2.51. The predicted octanol–water partition coefficient (Wildman–Crippen LogP) is 3.06. The minimum absolute atomic E-state index is 0.103. The first-order chi connectivity index (χ1) is 14.6. The average Bonchev–Trinajstić information content (AvgIpc) is 3.12. The second kappa shape index (κ2) is 8.65. The highest BCUT2D eigenvalue weighted by Gasteiger charge is 2.46. The molecule has 4 rings (SSSR count). The third kappa shape index (κ3) is 3.79. The maximum Gasteiger partial charge on any atom is 0.417 e. The van der Waals surface area contributed by atoms with Crippen molar-refractivity contribution in [3.8, 4) is 0 Å². The molecular weight excluding hydrogens is 387 g/mol. The number of carbonyl (C=O) groups is 3. The number of rotatable bonds is 6. The molecule has 2 aromatic carbocycles. The van der Waals surface area contributed by atoms with Gasteiger partial charge in [-0.15, -0.1) is 0 Å². The van der Waals surface area contributed by atoms with Gasteiger partial charge in [0.2, 0.25) is 5.91 Å². The summed E-state index contributed by atoms with van der Waals surface area (Å²) in [5.74, 6) is -0.745. The monoisotopic (exact) mass is 410 g/mol. The van der Waals surface area contributed by atoms with Crippen molar-refractivity contribution < 1.29 is 23.5 Å². The summed E-state index contributed by atoms with van der Waals surface area (Å²) in [5.41, 5.74) is 2.41. The summed E-state index contributed by atoms with van der Waals surface area (Å²) in [7, 11) is 0. The van der Waals surface area contributed by atoms with E-state index in [9.17, 15) is 18.8 Å². The number of fused-ring (bicyclic) bond motifs is 1. The van der Waals surface area contributed by atoms with Crippen molar-refractivity contribution in [1.29, 1.82) is 0 Å². The quantitative estimate of drug-likeness (QED) is 0.734. The Morgan fingerprint density at radius 3 is 2.57 bits per heavy atom. The van der Waals surface area contributed by atoms with Gasteiger partial charge in [-0.05, 0) is 29.5 Å². The van der Waals surface area contributed by atoms with Crippen LogP contribution in [0.4, 0.5) is 9.18 Å². The Balaban J connectivity index is 1.67. The van der Waals surface area contributed by atoms with Gasteiger partial charge in [0.25, 0.3) is 5.91 Å². The smallest absolute Gasteiger partial charge is 0.417 e. The van der Waals surface area contributed by atoms with Crippen molar-refractivity contribution in [2.75, 3.05) is 19.8 Å².